The summed E-state index contributed by atoms with van der Waals surface area (Å²) in [5, 5.41) is 0. The lowest BCUT2D eigenvalue weighted by Crippen LogP contribution is -2.32. The van der Waals surface area contributed by atoms with E-state index in [1.165, 1.54) is 22.3 Å². The minimum atomic E-state index is -0.667. The van der Waals surface area contributed by atoms with E-state index in [0.29, 0.717) is 5.82 Å². The van der Waals surface area contributed by atoms with E-state index in [9.17, 15) is 0 Å². The van der Waals surface area contributed by atoms with E-state index >= 15 is 0 Å². The number of fused-ring (bicyclic) bond motifs is 9. The summed E-state index contributed by atoms with van der Waals surface area (Å²) in [6.07, 6.45) is 1.85. The largest absolute Gasteiger partial charge is 0.457 e. The SMILES string of the molecule is c1ccc(-c2cc(-c3ccccc3)nc(-c3ccc4c(c3)C3(c5ccccc5Oc5ccccc53)c3cc(-c5cccc(-c6ccccn6)c5)ccc3-4)n2)cc1. The van der Waals surface area contributed by atoms with Gasteiger partial charge in [0.2, 0.25) is 0 Å². The number of para-hydroxylation sites is 2. The molecule has 4 heteroatoms. The highest BCUT2D eigenvalue weighted by atomic mass is 16.5. The number of pyridine rings is 1. The van der Waals surface area contributed by atoms with Crippen LogP contribution in [0.1, 0.15) is 22.3 Å². The third-order valence-corrected chi connectivity index (χ3v) is 11.2. The molecule has 2 aromatic heterocycles. The van der Waals surface area contributed by atoms with Crippen LogP contribution >= 0.6 is 0 Å². The van der Waals surface area contributed by atoms with E-state index in [1.807, 2.05) is 30.5 Å². The van der Waals surface area contributed by atoms with Crippen LogP contribution in [0.3, 0.4) is 0 Å². The molecule has 262 valence electrons. The Kier molecular flexibility index (Phi) is 7.36. The summed E-state index contributed by atoms with van der Waals surface area (Å²) in [6.45, 7) is 0. The molecule has 0 N–H and O–H groups in total. The number of hydrogen-bond donors (Lipinski definition) is 0. The van der Waals surface area contributed by atoms with Gasteiger partial charge in [-0.3, -0.25) is 4.98 Å². The number of hydrogen-bond acceptors (Lipinski definition) is 4. The van der Waals surface area contributed by atoms with Crippen LogP contribution < -0.4 is 4.74 Å². The highest BCUT2D eigenvalue weighted by molar-refractivity contribution is 5.92. The monoisotopic (exact) mass is 715 g/mol. The zero-order valence-corrected chi connectivity index (χ0v) is 30.3. The van der Waals surface area contributed by atoms with Gasteiger partial charge in [-0.05, 0) is 81.9 Å². The van der Waals surface area contributed by atoms with Gasteiger partial charge < -0.3 is 4.74 Å². The van der Waals surface area contributed by atoms with Crippen LogP contribution in [0.2, 0.25) is 0 Å². The molecule has 0 unspecified atom stereocenters. The Hall–Kier alpha value is -7.43. The molecule has 9 aromatic rings. The van der Waals surface area contributed by atoms with E-state index in [1.54, 1.807) is 0 Å². The van der Waals surface area contributed by atoms with Crippen LogP contribution in [0.5, 0.6) is 11.5 Å². The summed E-state index contributed by atoms with van der Waals surface area (Å²) in [5.41, 5.74) is 15.5. The highest BCUT2D eigenvalue weighted by Gasteiger charge is 2.51. The molecule has 1 aliphatic carbocycles. The second-order valence-electron chi connectivity index (χ2n) is 14.4. The lowest BCUT2D eigenvalue weighted by atomic mass is 9.65. The predicted molar refractivity (Wildman–Crippen MR) is 224 cm³/mol. The fraction of sp³-hybridized carbons (Fsp3) is 0.0192. The minimum absolute atomic E-state index is 0.667. The molecule has 0 amide bonds. The Morgan fingerprint density at radius 3 is 1.48 bits per heavy atom. The van der Waals surface area contributed by atoms with Gasteiger partial charge in [-0.2, -0.15) is 0 Å². The number of nitrogens with zero attached hydrogens (tertiary/aromatic N) is 3. The fourth-order valence-corrected chi connectivity index (χ4v) is 8.70. The van der Waals surface area contributed by atoms with E-state index in [4.69, 9.17) is 14.7 Å². The normalized spacial score (nSPS) is 12.9. The molecule has 0 radical (unpaired) electrons. The van der Waals surface area contributed by atoms with E-state index < -0.39 is 5.41 Å². The molecular formula is C52H33N3O. The number of benzene rings is 7. The summed E-state index contributed by atoms with van der Waals surface area (Å²) in [4.78, 5) is 15.1. The Morgan fingerprint density at radius 2 is 0.857 bits per heavy atom. The summed E-state index contributed by atoms with van der Waals surface area (Å²) in [5.74, 6) is 2.39. The molecule has 4 nitrogen and oxygen atoms in total. The van der Waals surface area contributed by atoms with Gasteiger partial charge >= 0.3 is 0 Å². The second kappa shape index (κ2) is 12.9. The van der Waals surface area contributed by atoms with Crippen LogP contribution in [-0.2, 0) is 5.41 Å². The van der Waals surface area contributed by atoms with Crippen LogP contribution in [0, 0.1) is 0 Å². The van der Waals surface area contributed by atoms with Gasteiger partial charge in [0.25, 0.3) is 0 Å². The first-order valence-electron chi connectivity index (χ1n) is 18.9. The average molecular weight is 716 g/mol. The zero-order valence-electron chi connectivity index (χ0n) is 30.3. The average Bonchev–Trinajstić information content (AvgIpc) is 3.56. The maximum absolute atomic E-state index is 6.69. The molecule has 0 fully saturated rings. The van der Waals surface area contributed by atoms with E-state index in [0.717, 1.165) is 73.1 Å². The maximum atomic E-state index is 6.69. The number of rotatable bonds is 5. The first-order valence-corrected chi connectivity index (χ1v) is 18.9. The van der Waals surface area contributed by atoms with Crippen molar-refractivity contribution >= 4 is 0 Å². The van der Waals surface area contributed by atoms with Crippen LogP contribution in [0.25, 0.3) is 67.4 Å². The first kappa shape index (κ1) is 32.0. The molecular weight excluding hydrogens is 683 g/mol. The van der Waals surface area contributed by atoms with Crippen molar-refractivity contribution in [2.45, 2.75) is 5.41 Å². The molecule has 3 heterocycles. The molecule has 7 aromatic carbocycles. The molecule has 11 rings (SSSR count). The van der Waals surface area contributed by atoms with Gasteiger partial charge in [0, 0.05) is 39.6 Å². The van der Waals surface area contributed by atoms with Gasteiger partial charge in [0.1, 0.15) is 11.5 Å². The Morgan fingerprint density at radius 1 is 0.339 bits per heavy atom. The van der Waals surface area contributed by atoms with Gasteiger partial charge in [0.05, 0.1) is 22.5 Å². The second-order valence-corrected chi connectivity index (χ2v) is 14.4. The molecule has 1 aliphatic heterocycles. The summed E-state index contributed by atoms with van der Waals surface area (Å²) in [6, 6.07) is 68.2. The molecule has 0 atom stereocenters. The van der Waals surface area contributed by atoms with Gasteiger partial charge in [0.15, 0.2) is 5.82 Å². The highest BCUT2D eigenvalue weighted by Crippen LogP contribution is 2.62. The number of aromatic nitrogens is 3. The Balaban J connectivity index is 1.16. The standard InChI is InChI=1S/C52H33N3O/c1-3-14-34(15-4-1)47-33-48(35-16-5-2-6-17-35)55-51(54-47)39-26-28-41-40-27-25-37(36-18-13-19-38(30-36)46-22-11-12-29-53-46)31-44(40)52(45(41)32-39)42-20-7-9-23-49(42)56-50-24-10-8-21-43(50)52/h1-33H. The van der Waals surface area contributed by atoms with Crippen molar-refractivity contribution in [2.75, 3.05) is 0 Å². The van der Waals surface area contributed by atoms with Crippen molar-refractivity contribution in [1.82, 2.24) is 15.0 Å². The maximum Gasteiger partial charge on any atom is 0.160 e. The van der Waals surface area contributed by atoms with Gasteiger partial charge in [-0.25, -0.2) is 9.97 Å². The van der Waals surface area contributed by atoms with Crippen molar-refractivity contribution in [3.63, 3.8) is 0 Å². The molecule has 2 aliphatic rings. The first-order chi connectivity index (χ1) is 27.7. The minimum Gasteiger partial charge on any atom is -0.457 e. The quantitative estimate of drug-likeness (QED) is 0.178. The van der Waals surface area contributed by atoms with E-state index in [2.05, 4.69) is 175 Å². The molecule has 0 saturated carbocycles. The van der Waals surface area contributed by atoms with Crippen molar-refractivity contribution < 1.29 is 4.74 Å². The van der Waals surface area contributed by atoms with Crippen molar-refractivity contribution in [3.05, 3.63) is 223 Å². The van der Waals surface area contributed by atoms with Gasteiger partial charge in [-0.15, -0.1) is 0 Å². The molecule has 0 bridgehead atoms. The molecule has 56 heavy (non-hydrogen) atoms. The fourth-order valence-electron chi connectivity index (χ4n) is 8.70. The number of ether oxygens (including phenoxy) is 1. The topological polar surface area (TPSA) is 47.9 Å². The van der Waals surface area contributed by atoms with Gasteiger partial charge in [-0.1, -0.05) is 146 Å². The molecule has 0 saturated heterocycles. The third-order valence-electron chi connectivity index (χ3n) is 11.2. The molecule has 1 spiro atoms. The summed E-state index contributed by atoms with van der Waals surface area (Å²) in [7, 11) is 0. The zero-order chi connectivity index (χ0) is 37.1. The van der Waals surface area contributed by atoms with Crippen molar-refractivity contribution in [3.8, 4) is 78.9 Å². The van der Waals surface area contributed by atoms with Crippen molar-refractivity contribution in [1.29, 1.82) is 0 Å². The van der Waals surface area contributed by atoms with Crippen LogP contribution in [0.15, 0.2) is 200 Å². The van der Waals surface area contributed by atoms with Crippen molar-refractivity contribution in [2.24, 2.45) is 0 Å². The van der Waals surface area contributed by atoms with Crippen LogP contribution in [-0.4, -0.2) is 15.0 Å². The Labute approximate surface area is 325 Å². The smallest absolute Gasteiger partial charge is 0.160 e. The van der Waals surface area contributed by atoms with E-state index in [-0.39, 0.29) is 0 Å². The predicted octanol–water partition coefficient (Wildman–Crippen LogP) is 12.7. The lowest BCUT2D eigenvalue weighted by Gasteiger charge is -2.39. The third kappa shape index (κ3) is 5.04. The summed E-state index contributed by atoms with van der Waals surface area (Å²) >= 11 is 0. The van der Waals surface area contributed by atoms with Crippen LogP contribution in [0.4, 0.5) is 0 Å². The summed E-state index contributed by atoms with van der Waals surface area (Å²) < 4.78 is 6.69. The lowest BCUT2D eigenvalue weighted by molar-refractivity contribution is 0.436. The Bertz CT molecular complexity index is 2840.